The maximum atomic E-state index is 11.2. The third-order valence-electron chi connectivity index (χ3n) is 23.2. The molecule has 4 heterocycles. The fourth-order valence-corrected chi connectivity index (χ4v) is 18.0. The lowest BCUT2D eigenvalue weighted by molar-refractivity contribution is 0.436. The number of benzene rings is 16. The van der Waals surface area contributed by atoms with Crippen molar-refractivity contribution in [3.63, 3.8) is 0 Å². The normalized spacial score (nSPS) is 13.0. The second-order valence-electron chi connectivity index (χ2n) is 29.4. The van der Waals surface area contributed by atoms with E-state index in [2.05, 4.69) is 279 Å². The van der Waals surface area contributed by atoms with Crippen LogP contribution in [0.5, 0.6) is 23.0 Å². The van der Waals surface area contributed by atoms with Crippen LogP contribution in [0.4, 0.5) is 0 Å². The molecule has 4 aliphatic rings. The summed E-state index contributed by atoms with van der Waals surface area (Å²) in [7, 11) is 0. The van der Waals surface area contributed by atoms with Gasteiger partial charge in [0.15, 0.2) is 34.9 Å². The van der Waals surface area contributed by atoms with Crippen LogP contribution in [0, 0.1) is 22.7 Å². The average Bonchev–Trinajstić information content (AvgIpc) is 1.50. The number of nitriles is 2. The van der Waals surface area contributed by atoms with Gasteiger partial charge in [-0.05, 0) is 185 Å². The molecule has 528 valence electrons. The maximum absolute atomic E-state index is 11.2. The van der Waals surface area contributed by atoms with Crippen LogP contribution in [0.3, 0.4) is 0 Å². The van der Waals surface area contributed by atoms with Gasteiger partial charge in [0.05, 0.1) is 34.1 Å². The Kier molecular flexibility index (Phi) is 15.0. The highest BCUT2D eigenvalue weighted by molar-refractivity contribution is 5.96. The first kappa shape index (κ1) is 65.5. The molecule has 0 fully saturated rings. The number of aromatic nitrogens is 6. The zero-order valence-electron chi connectivity index (χ0n) is 61.0. The third kappa shape index (κ3) is 10.3. The van der Waals surface area contributed by atoms with E-state index in [9.17, 15) is 10.5 Å². The van der Waals surface area contributed by atoms with Crippen molar-refractivity contribution < 1.29 is 9.47 Å². The third-order valence-corrected chi connectivity index (χ3v) is 23.2. The summed E-state index contributed by atoms with van der Waals surface area (Å²) in [6.07, 6.45) is 0. The maximum Gasteiger partial charge on any atom is 0.164 e. The van der Waals surface area contributed by atoms with E-state index in [0.717, 1.165) is 178 Å². The summed E-state index contributed by atoms with van der Waals surface area (Å²) in [5.41, 5.74) is 24.7. The predicted molar refractivity (Wildman–Crippen MR) is 449 cm³/mol. The van der Waals surface area contributed by atoms with Gasteiger partial charge in [0.25, 0.3) is 0 Å². The number of rotatable bonds is 10. The van der Waals surface area contributed by atoms with Gasteiger partial charge in [-0.25, -0.2) is 29.9 Å². The van der Waals surface area contributed by atoms with Crippen molar-refractivity contribution in [2.75, 3.05) is 0 Å². The second kappa shape index (κ2) is 26.0. The summed E-state index contributed by atoms with van der Waals surface area (Å²) >= 11 is 0. The summed E-state index contributed by atoms with van der Waals surface area (Å²) in [6, 6.07) is 131. The van der Waals surface area contributed by atoms with Crippen LogP contribution in [-0.4, -0.2) is 29.9 Å². The first-order valence-electron chi connectivity index (χ1n) is 38.0. The van der Waals surface area contributed by atoms with Crippen molar-refractivity contribution in [1.29, 1.82) is 10.5 Å². The number of nitrogens with zero attached hydrogens (tertiary/aromatic N) is 8. The fourth-order valence-electron chi connectivity index (χ4n) is 18.0. The Morgan fingerprint density at radius 2 is 0.518 bits per heavy atom. The number of para-hydroxylation sites is 4. The minimum Gasteiger partial charge on any atom is -0.457 e. The number of ether oxygens (including phenoxy) is 2. The molecule has 0 unspecified atom stereocenters. The lowest BCUT2D eigenvalue weighted by Crippen LogP contribution is -2.32. The van der Waals surface area contributed by atoms with Gasteiger partial charge in [0, 0.05) is 61.2 Å². The molecule has 0 saturated heterocycles. The molecular formula is C104H60N8O2. The molecule has 2 spiro atoms. The van der Waals surface area contributed by atoms with Gasteiger partial charge in [-0.3, -0.25) is 0 Å². The smallest absolute Gasteiger partial charge is 0.164 e. The zero-order chi connectivity index (χ0) is 75.6. The lowest BCUT2D eigenvalue weighted by Gasteiger charge is -2.39. The van der Waals surface area contributed by atoms with Gasteiger partial charge in [-0.2, -0.15) is 10.5 Å². The van der Waals surface area contributed by atoms with E-state index >= 15 is 0 Å². The SMILES string of the molecule is N#Cc1cccc(-c2ccc3c(c2)-c2cc(-c4nc(-c5cccc(-c6ccccc6)c5)nc(-c5cccc(-c6ccc(C#N)c(-c7ccc8c(c7)-c7cc(-c9nc(-c%10ccccc%10)nc(-c%10ccc%11ccccc%11c%10)n9)ccc7C87c8ccccc8Oc8ccccc87)c6)c5)n4)ccc2C32c3ccccc3Oc3ccccc32)c1. The minimum absolute atomic E-state index is 0.486. The molecule has 18 aromatic rings. The van der Waals surface area contributed by atoms with Crippen molar-refractivity contribution in [1.82, 2.24) is 29.9 Å². The summed E-state index contributed by atoms with van der Waals surface area (Å²) in [6.45, 7) is 0. The Bertz CT molecular complexity index is 7090. The summed E-state index contributed by atoms with van der Waals surface area (Å²) in [5, 5.41) is 23.6. The molecule has 0 radical (unpaired) electrons. The Morgan fingerprint density at radius 3 is 1.00 bits per heavy atom. The highest BCUT2D eigenvalue weighted by atomic mass is 16.5. The van der Waals surface area contributed by atoms with Gasteiger partial charge in [-0.15, -0.1) is 0 Å². The molecule has 22 rings (SSSR count). The van der Waals surface area contributed by atoms with Gasteiger partial charge < -0.3 is 9.47 Å². The highest BCUT2D eigenvalue weighted by Gasteiger charge is 2.53. The molecular weight excluding hydrogens is 1390 g/mol. The molecule has 114 heavy (non-hydrogen) atoms. The molecule has 0 saturated carbocycles. The van der Waals surface area contributed by atoms with E-state index in [1.165, 1.54) is 0 Å². The van der Waals surface area contributed by atoms with E-state index in [1.807, 2.05) is 97.1 Å². The first-order valence-corrected chi connectivity index (χ1v) is 38.0. The predicted octanol–water partition coefficient (Wildman–Crippen LogP) is 24.6. The number of hydrogen-bond acceptors (Lipinski definition) is 10. The topological polar surface area (TPSA) is 143 Å². The number of fused-ring (bicyclic) bond motifs is 19. The molecule has 2 aliphatic carbocycles. The van der Waals surface area contributed by atoms with Crippen LogP contribution in [0.2, 0.25) is 0 Å². The highest BCUT2D eigenvalue weighted by Crippen LogP contribution is 2.65. The van der Waals surface area contributed by atoms with Crippen molar-refractivity contribution in [3.8, 4) is 170 Å². The monoisotopic (exact) mass is 1450 g/mol. The van der Waals surface area contributed by atoms with Gasteiger partial charge >= 0.3 is 0 Å². The lowest BCUT2D eigenvalue weighted by atomic mass is 9.66. The number of hydrogen-bond donors (Lipinski definition) is 0. The van der Waals surface area contributed by atoms with E-state index < -0.39 is 10.8 Å². The second-order valence-corrected chi connectivity index (χ2v) is 29.4. The largest absolute Gasteiger partial charge is 0.457 e. The molecule has 10 heteroatoms. The minimum atomic E-state index is -0.797. The van der Waals surface area contributed by atoms with E-state index in [1.54, 1.807) is 0 Å². The molecule has 0 amide bonds. The average molecular weight is 1450 g/mol. The van der Waals surface area contributed by atoms with Crippen molar-refractivity contribution in [3.05, 3.63) is 420 Å². The summed E-state index contributed by atoms with van der Waals surface area (Å²) in [4.78, 5) is 32.1. The van der Waals surface area contributed by atoms with Crippen LogP contribution in [-0.2, 0) is 10.8 Å². The van der Waals surface area contributed by atoms with Crippen molar-refractivity contribution in [2.45, 2.75) is 10.8 Å². The molecule has 0 bridgehead atoms. The fraction of sp³-hybridized carbons (Fsp3) is 0.0192. The van der Waals surface area contributed by atoms with E-state index in [-0.39, 0.29) is 0 Å². The molecule has 0 N–H and O–H groups in total. The van der Waals surface area contributed by atoms with Crippen LogP contribution in [0.1, 0.15) is 55.6 Å². The van der Waals surface area contributed by atoms with Crippen LogP contribution in [0.15, 0.2) is 364 Å². The zero-order valence-corrected chi connectivity index (χ0v) is 61.0. The first-order chi connectivity index (χ1) is 56.3. The van der Waals surface area contributed by atoms with Crippen LogP contribution < -0.4 is 9.47 Å². The Hall–Kier alpha value is -15.6. The van der Waals surface area contributed by atoms with Crippen LogP contribution in [0.25, 0.3) is 146 Å². The molecule has 2 aliphatic heterocycles. The summed E-state index contributed by atoms with van der Waals surface area (Å²) in [5.74, 6) is 6.33. The standard InChI is InChI=1S/C104H60N8O2/c105-61-63-20-17-27-67(52-63)72-44-48-85-81(57-72)83-59-78(47-50-87(83)103(85)89-32-9-13-36-93(89)113-94-37-14-10-33-90(94)103)102-110-98(74-30-18-28-69(53-74)64-21-3-1-4-22-64)109-99(111-102)75-31-19-29-70(55-75)71-41-43-79(62-106)80(56-71)73-45-49-86-82(58-73)84-60-77(46-51-88(84)104(86)91-34-11-15-38-95(91)114-96-39-16-12-35-92(96)104)101-108-97(66-24-5-2-6-25-66)107-100(112-101)76-42-40-65-23-7-8-26-68(65)54-76/h1-60H. The van der Waals surface area contributed by atoms with Gasteiger partial charge in [0.2, 0.25) is 0 Å². The van der Waals surface area contributed by atoms with Crippen molar-refractivity contribution in [2.24, 2.45) is 0 Å². The Morgan fingerprint density at radius 1 is 0.202 bits per heavy atom. The van der Waals surface area contributed by atoms with Gasteiger partial charge in [-0.1, -0.05) is 273 Å². The molecule has 2 aromatic heterocycles. The molecule has 10 nitrogen and oxygen atoms in total. The quantitative estimate of drug-likeness (QED) is 0.130. The van der Waals surface area contributed by atoms with Crippen LogP contribution >= 0.6 is 0 Å². The van der Waals surface area contributed by atoms with E-state index in [0.29, 0.717) is 46.1 Å². The van der Waals surface area contributed by atoms with Crippen molar-refractivity contribution >= 4 is 10.8 Å². The Labute approximate surface area is 657 Å². The molecule has 16 aromatic carbocycles. The Balaban J connectivity index is 0.693. The van der Waals surface area contributed by atoms with Gasteiger partial charge in [0.1, 0.15) is 23.0 Å². The molecule has 0 atom stereocenters. The summed E-state index contributed by atoms with van der Waals surface area (Å²) < 4.78 is 13.6. The van der Waals surface area contributed by atoms with E-state index in [4.69, 9.17) is 39.4 Å².